The van der Waals surface area contributed by atoms with Gasteiger partial charge in [-0.3, -0.25) is 4.99 Å². The molecule has 1 aromatic rings. The second kappa shape index (κ2) is 4.36. The molecule has 74 valence electrons. The van der Waals surface area contributed by atoms with Gasteiger partial charge in [-0.25, -0.2) is 0 Å². The average Bonchev–Trinajstić information content (AvgIpc) is 2.56. The maximum atomic E-state index is 5.61. The Balaban J connectivity index is 2.01. The van der Waals surface area contributed by atoms with Crippen molar-refractivity contribution in [1.82, 2.24) is 0 Å². The van der Waals surface area contributed by atoms with Crippen LogP contribution in [0.25, 0.3) is 0 Å². The summed E-state index contributed by atoms with van der Waals surface area (Å²) in [4.78, 5) is 4.35. The molecule has 1 aliphatic heterocycles. The first-order valence-electron chi connectivity index (χ1n) is 4.44. The summed E-state index contributed by atoms with van der Waals surface area (Å²) >= 11 is 5.06. The van der Waals surface area contributed by atoms with Crippen molar-refractivity contribution < 1.29 is 0 Å². The van der Waals surface area contributed by atoms with Crippen molar-refractivity contribution in [2.24, 2.45) is 10.7 Å². The molecule has 1 atom stereocenters. The summed E-state index contributed by atoms with van der Waals surface area (Å²) in [5.41, 5.74) is 6.93. The molecule has 1 aromatic carbocycles. The zero-order valence-electron chi connectivity index (χ0n) is 7.61. The highest BCUT2D eigenvalue weighted by Gasteiger charge is 2.16. The predicted molar refractivity (Wildman–Crippen MR) is 65.7 cm³/mol. The van der Waals surface area contributed by atoms with Gasteiger partial charge in [0, 0.05) is 10.2 Å². The maximum absolute atomic E-state index is 5.61. The monoisotopic (exact) mass is 270 g/mol. The topological polar surface area (TPSA) is 38.4 Å². The Bertz CT molecular complexity index is 348. The molecule has 0 spiro atoms. The van der Waals surface area contributed by atoms with Gasteiger partial charge in [0.1, 0.15) is 0 Å². The fourth-order valence-corrected chi connectivity index (χ4v) is 2.48. The van der Waals surface area contributed by atoms with E-state index in [0.29, 0.717) is 6.04 Å². The van der Waals surface area contributed by atoms with Gasteiger partial charge in [0.25, 0.3) is 0 Å². The molecule has 14 heavy (non-hydrogen) atoms. The Morgan fingerprint density at radius 3 is 2.71 bits per heavy atom. The number of hydrogen-bond acceptors (Lipinski definition) is 3. The molecule has 0 fully saturated rings. The third-order valence-electron chi connectivity index (χ3n) is 2.12. The quantitative estimate of drug-likeness (QED) is 0.897. The SMILES string of the molecule is NC1=NC(Cc2ccc(Br)cc2)CS1. The summed E-state index contributed by atoms with van der Waals surface area (Å²) in [6.07, 6.45) is 0.987. The minimum absolute atomic E-state index is 0.362. The summed E-state index contributed by atoms with van der Waals surface area (Å²) in [6, 6.07) is 8.73. The average molecular weight is 271 g/mol. The van der Waals surface area contributed by atoms with Gasteiger partial charge in [-0.15, -0.1) is 0 Å². The summed E-state index contributed by atoms with van der Waals surface area (Å²) < 4.78 is 1.12. The summed E-state index contributed by atoms with van der Waals surface area (Å²) in [6.45, 7) is 0. The first-order chi connectivity index (χ1) is 6.74. The predicted octanol–water partition coefficient (Wildman–Crippen LogP) is 2.42. The van der Waals surface area contributed by atoms with E-state index in [1.807, 2.05) is 0 Å². The van der Waals surface area contributed by atoms with Crippen LogP contribution in [0.5, 0.6) is 0 Å². The summed E-state index contributed by atoms with van der Waals surface area (Å²) in [5.74, 6) is 1.02. The van der Waals surface area contributed by atoms with E-state index in [9.17, 15) is 0 Å². The highest BCUT2D eigenvalue weighted by molar-refractivity contribution is 9.10. The Kier molecular flexibility index (Phi) is 3.13. The molecule has 0 amide bonds. The lowest BCUT2D eigenvalue weighted by Crippen LogP contribution is -2.08. The van der Waals surface area contributed by atoms with E-state index in [4.69, 9.17) is 5.73 Å². The smallest absolute Gasteiger partial charge is 0.154 e. The van der Waals surface area contributed by atoms with Crippen LogP contribution in [0.3, 0.4) is 0 Å². The molecule has 0 radical (unpaired) electrons. The van der Waals surface area contributed by atoms with Gasteiger partial charge in [0.05, 0.1) is 6.04 Å². The maximum Gasteiger partial charge on any atom is 0.154 e. The van der Waals surface area contributed by atoms with Crippen LogP contribution in [0, 0.1) is 0 Å². The molecule has 2 nitrogen and oxygen atoms in total. The van der Waals surface area contributed by atoms with Gasteiger partial charge in [0.2, 0.25) is 0 Å². The number of hydrogen-bond donors (Lipinski definition) is 1. The molecule has 0 saturated carbocycles. The van der Waals surface area contributed by atoms with Crippen LogP contribution in [0.15, 0.2) is 33.7 Å². The van der Waals surface area contributed by atoms with Gasteiger partial charge in [0.15, 0.2) is 5.17 Å². The lowest BCUT2D eigenvalue weighted by atomic mass is 10.1. The molecule has 1 heterocycles. The minimum Gasteiger partial charge on any atom is -0.379 e. The molecular weight excluding hydrogens is 260 g/mol. The summed E-state index contributed by atoms with van der Waals surface area (Å²) in [7, 11) is 0. The third-order valence-corrected chi connectivity index (χ3v) is 3.60. The zero-order chi connectivity index (χ0) is 9.97. The van der Waals surface area contributed by atoms with Crippen molar-refractivity contribution in [3.63, 3.8) is 0 Å². The van der Waals surface area contributed by atoms with E-state index in [1.165, 1.54) is 5.56 Å². The van der Waals surface area contributed by atoms with E-state index in [-0.39, 0.29) is 0 Å². The number of thioether (sulfide) groups is 1. The Morgan fingerprint density at radius 1 is 1.43 bits per heavy atom. The van der Waals surface area contributed by atoms with Gasteiger partial charge in [-0.2, -0.15) is 0 Å². The van der Waals surface area contributed by atoms with Crippen LogP contribution < -0.4 is 5.73 Å². The van der Waals surface area contributed by atoms with Crippen LogP contribution in [0.4, 0.5) is 0 Å². The number of aliphatic imine (C=N–C) groups is 1. The molecule has 0 aliphatic carbocycles. The van der Waals surface area contributed by atoms with Crippen LogP contribution in [0.2, 0.25) is 0 Å². The summed E-state index contributed by atoms with van der Waals surface area (Å²) in [5, 5.41) is 0.729. The van der Waals surface area contributed by atoms with Crippen molar-refractivity contribution in [3.8, 4) is 0 Å². The Labute approximate surface area is 96.1 Å². The molecule has 0 bridgehead atoms. The number of amidine groups is 1. The number of rotatable bonds is 2. The number of halogens is 1. The number of benzene rings is 1. The Morgan fingerprint density at radius 2 is 2.14 bits per heavy atom. The fourth-order valence-electron chi connectivity index (χ4n) is 1.43. The normalized spacial score (nSPS) is 20.9. The van der Waals surface area contributed by atoms with Crippen molar-refractivity contribution in [2.45, 2.75) is 12.5 Å². The van der Waals surface area contributed by atoms with E-state index in [2.05, 4.69) is 45.2 Å². The van der Waals surface area contributed by atoms with Gasteiger partial charge < -0.3 is 5.73 Å². The molecule has 0 aromatic heterocycles. The molecule has 4 heteroatoms. The standard InChI is InChI=1S/C10H11BrN2S/c11-8-3-1-7(2-4-8)5-9-6-14-10(12)13-9/h1-4,9H,5-6H2,(H2,12,13). The van der Waals surface area contributed by atoms with Crippen LogP contribution >= 0.6 is 27.7 Å². The largest absolute Gasteiger partial charge is 0.379 e. The zero-order valence-corrected chi connectivity index (χ0v) is 10.0. The first-order valence-corrected chi connectivity index (χ1v) is 6.22. The third kappa shape index (κ3) is 2.51. The van der Waals surface area contributed by atoms with Crippen molar-refractivity contribution in [3.05, 3.63) is 34.3 Å². The van der Waals surface area contributed by atoms with Crippen LogP contribution in [-0.2, 0) is 6.42 Å². The highest BCUT2D eigenvalue weighted by atomic mass is 79.9. The highest BCUT2D eigenvalue weighted by Crippen LogP contribution is 2.19. The first kappa shape index (κ1) is 10.1. The van der Waals surface area contributed by atoms with Crippen molar-refractivity contribution in [1.29, 1.82) is 0 Å². The number of nitrogens with two attached hydrogens (primary N) is 1. The molecule has 0 saturated heterocycles. The second-order valence-electron chi connectivity index (χ2n) is 3.26. The van der Waals surface area contributed by atoms with Crippen LogP contribution in [0.1, 0.15) is 5.56 Å². The molecular formula is C10H11BrN2S. The van der Waals surface area contributed by atoms with Crippen molar-refractivity contribution in [2.75, 3.05) is 5.75 Å². The van der Waals surface area contributed by atoms with Gasteiger partial charge in [-0.1, -0.05) is 39.8 Å². The van der Waals surface area contributed by atoms with E-state index >= 15 is 0 Å². The lowest BCUT2D eigenvalue weighted by Gasteiger charge is -2.05. The molecule has 2 N–H and O–H groups in total. The Hall–Kier alpha value is -0.480. The van der Waals surface area contributed by atoms with Crippen LogP contribution in [-0.4, -0.2) is 17.0 Å². The van der Waals surface area contributed by atoms with E-state index in [0.717, 1.165) is 21.8 Å². The van der Waals surface area contributed by atoms with Gasteiger partial charge in [-0.05, 0) is 24.1 Å². The minimum atomic E-state index is 0.362. The van der Waals surface area contributed by atoms with E-state index in [1.54, 1.807) is 11.8 Å². The molecule has 1 aliphatic rings. The van der Waals surface area contributed by atoms with Gasteiger partial charge >= 0.3 is 0 Å². The van der Waals surface area contributed by atoms with Crippen molar-refractivity contribution >= 4 is 32.9 Å². The lowest BCUT2D eigenvalue weighted by molar-refractivity contribution is 0.762. The number of nitrogens with zero attached hydrogens (tertiary/aromatic N) is 1. The molecule has 2 rings (SSSR count). The fraction of sp³-hybridized carbons (Fsp3) is 0.300. The van der Waals surface area contributed by atoms with E-state index < -0.39 is 0 Å². The molecule has 1 unspecified atom stereocenters. The second-order valence-corrected chi connectivity index (χ2v) is 5.22.